The molecule has 5 heteroatoms. The van der Waals surface area contributed by atoms with Gasteiger partial charge in [0, 0.05) is 12.7 Å². The Kier molecular flexibility index (Phi) is 2.45. The summed E-state index contributed by atoms with van der Waals surface area (Å²) in [6.07, 6.45) is 0.944. The van der Waals surface area contributed by atoms with E-state index in [1.54, 1.807) is 7.11 Å². The summed E-state index contributed by atoms with van der Waals surface area (Å²) in [5.74, 6) is 1.34. The molecule has 2 N–H and O–H groups in total. The van der Waals surface area contributed by atoms with Crippen LogP contribution in [0.2, 0.25) is 0 Å². The van der Waals surface area contributed by atoms with Crippen molar-refractivity contribution < 1.29 is 9.47 Å². The number of nitrogen functional groups attached to an aromatic ring is 1. The normalized spacial score (nSPS) is 23.7. The topological polar surface area (TPSA) is 62.3 Å². The SMILES string of the molecule is COc1ccc2nc(N)n(C3(C)CCOC3)c2c1. The molecule has 1 atom stereocenters. The van der Waals surface area contributed by atoms with Crippen LogP contribution in [0.4, 0.5) is 5.95 Å². The van der Waals surface area contributed by atoms with Gasteiger partial charge < -0.3 is 19.8 Å². The molecule has 18 heavy (non-hydrogen) atoms. The molecule has 1 aliphatic heterocycles. The zero-order valence-corrected chi connectivity index (χ0v) is 10.6. The van der Waals surface area contributed by atoms with Crippen LogP contribution in [-0.2, 0) is 10.3 Å². The maximum Gasteiger partial charge on any atom is 0.201 e. The number of nitrogens with zero attached hydrogens (tertiary/aromatic N) is 2. The largest absolute Gasteiger partial charge is 0.497 e. The van der Waals surface area contributed by atoms with E-state index in [-0.39, 0.29) is 5.54 Å². The molecule has 0 saturated carbocycles. The van der Waals surface area contributed by atoms with Gasteiger partial charge in [-0.05, 0) is 25.5 Å². The van der Waals surface area contributed by atoms with Gasteiger partial charge in [0.05, 0.1) is 30.3 Å². The minimum absolute atomic E-state index is 0.120. The van der Waals surface area contributed by atoms with Crippen molar-refractivity contribution in [1.82, 2.24) is 9.55 Å². The number of nitrogens with two attached hydrogens (primary N) is 1. The van der Waals surface area contributed by atoms with Gasteiger partial charge in [-0.2, -0.15) is 0 Å². The Balaban J connectivity index is 2.23. The first kappa shape index (κ1) is 11.3. The Morgan fingerprint density at radius 1 is 1.50 bits per heavy atom. The maximum atomic E-state index is 6.07. The van der Waals surface area contributed by atoms with Gasteiger partial charge in [-0.15, -0.1) is 0 Å². The molecule has 0 bridgehead atoms. The summed E-state index contributed by atoms with van der Waals surface area (Å²) in [5, 5.41) is 0. The average Bonchev–Trinajstić information content (AvgIpc) is 2.91. The van der Waals surface area contributed by atoms with Crippen LogP contribution < -0.4 is 10.5 Å². The summed E-state index contributed by atoms with van der Waals surface area (Å²) >= 11 is 0. The molecule has 1 aliphatic rings. The van der Waals surface area contributed by atoms with Gasteiger partial charge in [0.1, 0.15) is 5.75 Å². The lowest BCUT2D eigenvalue weighted by Crippen LogP contribution is -2.31. The number of rotatable bonds is 2. The molecule has 1 unspecified atom stereocenters. The van der Waals surface area contributed by atoms with E-state index >= 15 is 0 Å². The number of imidazole rings is 1. The molecule has 1 aromatic carbocycles. The van der Waals surface area contributed by atoms with E-state index < -0.39 is 0 Å². The van der Waals surface area contributed by atoms with Crippen molar-refractivity contribution >= 4 is 17.0 Å². The van der Waals surface area contributed by atoms with E-state index in [9.17, 15) is 0 Å². The smallest absolute Gasteiger partial charge is 0.201 e. The fraction of sp³-hybridized carbons (Fsp3) is 0.462. The van der Waals surface area contributed by atoms with E-state index in [1.165, 1.54) is 0 Å². The van der Waals surface area contributed by atoms with Crippen LogP contribution in [0.25, 0.3) is 11.0 Å². The number of benzene rings is 1. The molecule has 5 nitrogen and oxygen atoms in total. The molecule has 96 valence electrons. The highest BCUT2D eigenvalue weighted by Crippen LogP contribution is 2.34. The van der Waals surface area contributed by atoms with E-state index in [0.717, 1.165) is 29.8 Å². The fourth-order valence-corrected chi connectivity index (χ4v) is 2.60. The second-order valence-electron chi connectivity index (χ2n) is 4.96. The van der Waals surface area contributed by atoms with E-state index in [4.69, 9.17) is 15.2 Å². The summed E-state index contributed by atoms with van der Waals surface area (Å²) in [4.78, 5) is 4.41. The Bertz CT molecular complexity index is 585. The van der Waals surface area contributed by atoms with Gasteiger partial charge in [-0.1, -0.05) is 0 Å². The lowest BCUT2D eigenvalue weighted by molar-refractivity contribution is 0.164. The predicted molar refractivity (Wildman–Crippen MR) is 69.8 cm³/mol. The third kappa shape index (κ3) is 1.54. The number of hydrogen-bond acceptors (Lipinski definition) is 4. The molecule has 3 rings (SSSR count). The quantitative estimate of drug-likeness (QED) is 0.878. The highest BCUT2D eigenvalue weighted by molar-refractivity contribution is 5.80. The van der Waals surface area contributed by atoms with Crippen molar-refractivity contribution in [2.24, 2.45) is 0 Å². The Morgan fingerprint density at radius 3 is 3.00 bits per heavy atom. The second-order valence-corrected chi connectivity index (χ2v) is 4.96. The van der Waals surface area contributed by atoms with Gasteiger partial charge in [0.15, 0.2) is 0 Å². The van der Waals surface area contributed by atoms with Crippen LogP contribution in [0.5, 0.6) is 5.75 Å². The molecular weight excluding hydrogens is 230 g/mol. The molecule has 1 aromatic heterocycles. The highest BCUT2D eigenvalue weighted by Gasteiger charge is 2.34. The van der Waals surface area contributed by atoms with Crippen molar-refractivity contribution in [2.45, 2.75) is 18.9 Å². The van der Waals surface area contributed by atoms with Crippen LogP contribution in [0.3, 0.4) is 0 Å². The second kappa shape index (κ2) is 3.88. The molecule has 0 spiro atoms. The molecule has 0 aliphatic carbocycles. The molecule has 2 aromatic rings. The summed E-state index contributed by atoms with van der Waals surface area (Å²) in [5.41, 5.74) is 7.84. The lowest BCUT2D eigenvalue weighted by atomic mass is 10.0. The zero-order valence-electron chi connectivity index (χ0n) is 10.6. The van der Waals surface area contributed by atoms with Crippen molar-refractivity contribution in [2.75, 3.05) is 26.1 Å². The van der Waals surface area contributed by atoms with Crippen molar-refractivity contribution in [3.05, 3.63) is 18.2 Å². The Morgan fingerprint density at radius 2 is 2.33 bits per heavy atom. The summed E-state index contributed by atoms with van der Waals surface area (Å²) in [6, 6.07) is 5.80. The number of aromatic nitrogens is 2. The number of anilines is 1. The number of ether oxygens (including phenoxy) is 2. The third-order valence-corrected chi connectivity index (χ3v) is 3.63. The number of methoxy groups -OCH3 is 1. The monoisotopic (exact) mass is 247 g/mol. The summed E-state index contributed by atoms with van der Waals surface area (Å²) in [7, 11) is 1.66. The first-order chi connectivity index (χ1) is 8.64. The van der Waals surface area contributed by atoms with E-state index in [2.05, 4.69) is 16.5 Å². The van der Waals surface area contributed by atoms with E-state index in [1.807, 2.05) is 18.2 Å². The number of fused-ring (bicyclic) bond motifs is 1. The molecule has 2 heterocycles. The van der Waals surface area contributed by atoms with Crippen molar-refractivity contribution in [3.8, 4) is 5.75 Å². The van der Waals surface area contributed by atoms with Crippen LogP contribution in [0.1, 0.15) is 13.3 Å². The molecule has 0 amide bonds. The zero-order chi connectivity index (χ0) is 12.8. The molecule has 1 saturated heterocycles. The minimum Gasteiger partial charge on any atom is -0.497 e. The predicted octanol–water partition coefficient (Wildman–Crippen LogP) is 1.76. The van der Waals surface area contributed by atoms with Gasteiger partial charge in [-0.25, -0.2) is 4.98 Å². The Labute approximate surface area is 106 Å². The van der Waals surface area contributed by atoms with Crippen molar-refractivity contribution in [3.63, 3.8) is 0 Å². The maximum absolute atomic E-state index is 6.07. The van der Waals surface area contributed by atoms with Crippen LogP contribution in [0, 0.1) is 0 Å². The molecular formula is C13H17N3O2. The fourth-order valence-electron chi connectivity index (χ4n) is 2.60. The summed E-state index contributed by atoms with van der Waals surface area (Å²) < 4.78 is 12.8. The molecule has 0 radical (unpaired) electrons. The van der Waals surface area contributed by atoms with Gasteiger partial charge in [-0.3, -0.25) is 0 Å². The van der Waals surface area contributed by atoms with Gasteiger partial charge >= 0.3 is 0 Å². The van der Waals surface area contributed by atoms with Gasteiger partial charge in [0.2, 0.25) is 5.95 Å². The Hall–Kier alpha value is -1.75. The third-order valence-electron chi connectivity index (χ3n) is 3.63. The van der Waals surface area contributed by atoms with Crippen LogP contribution in [-0.4, -0.2) is 29.9 Å². The standard InChI is InChI=1S/C13H17N3O2/c1-13(5-6-18-8-13)16-11-7-9(17-2)3-4-10(11)15-12(16)14/h3-4,7H,5-6,8H2,1-2H3,(H2,14,15). The van der Waals surface area contributed by atoms with Crippen LogP contribution in [0.15, 0.2) is 18.2 Å². The first-order valence-corrected chi connectivity index (χ1v) is 6.04. The summed E-state index contributed by atoms with van der Waals surface area (Å²) in [6.45, 7) is 3.58. The number of hydrogen-bond donors (Lipinski definition) is 1. The average molecular weight is 247 g/mol. The van der Waals surface area contributed by atoms with Crippen molar-refractivity contribution in [1.29, 1.82) is 0 Å². The lowest BCUT2D eigenvalue weighted by Gasteiger charge is -2.26. The minimum atomic E-state index is -0.120. The van der Waals surface area contributed by atoms with Gasteiger partial charge in [0.25, 0.3) is 0 Å². The molecule has 1 fully saturated rings. The highest BCUT2D eigenvalue weighted by atomic mass is 16.5. The first-order valence-electron chi connectivity index (χ1n) is 6.04. The van der Waals surface area contributed by atoms with E-state index in [0.29, 0.717) is 12.6 Å². The van der Waals surface area contributed by atoms with Crippen LogP contribution >= 0.6 is 0 Å².